The number of primary amides is 1. The van der Waals surface area contributed by atoms with Crippen LogP contribution in [0.1, 0.15) is 23.3 Å². The van der Waals surface area contributed by atoms with Crippen LogP contribution >= 0.6 is 0 Å². The van der Waals surface area contributed by atoms with Crippen molar-refractivity contribution in [1.29, 1.82) is 0 Å². The van der Waals surface area contributed by atoms with E-state index < -0.39 is 6.04 Å². The lowest BCUT2D eigenvalue weighted by molar-refractivity contribution is -0.127. The number of nitrogens with two attached hydrogens (primary N) is 1. The Morgan fingerprint density at radius 1 is 1.17 bits per heavy atom. The first-order chi connectivity index (χ1) is 11.1. The molecule has 1 aliphatic rings. The van der Waals surface area contributed by atoms with Crippen molar-refractivity contribution in [3.8, 4) is 0 Å². The first-order valence-corrected chi connectivity index (χ1v) is 7.60. The fourth-order valence-corrected chi connectivity index (χ4v) is 2.97. The molecule has 2 atom stereocenters. The highest BCUT2D eigenvalue weighted by molar-refractivity contribution is 5.81. The number of carbonyl (C=O) groups excluding carboxylic acids is 1. The SMILES string of the molecule is NC(=O)[C@@H](c1ccccc1)N1CCO[C@H](c2ccc(F)cc2)C1. The molecular weight excluding hydrogens is 295 g/mol. The van der Waals surface area contributed by atoms with Crippen molar-refractivity contribution in [2.75, 3.05) is 19.7 Å². The maximum atomic E-state index is 13.1. The molecule has 0 radical (unpaired) electrons. The Morgan fingerprint density at radius 2 is 1.87 bits per heavy atom. The van der Waals surface area contributed by atoms with Crippen molar-refractivity contribution in [2.24, 2.45) is 5.73 Å². The van der Waals surface area contributed by atoms with Crippen molar-refractivity contribution in [1.82, 2.24) is 4.90 Å². The van der Waals surface area contributed by atoms with Gasteiger partial charge in [0.25, 0.3) is 0 Å². The number of hydrogen-bond donors (Lipinski definition) is 1. The number of morpholine rings is 1. The summed E-state index contributed by atoms with van der Waals surface area (Å²) in [5, 5.41) is 0. The standard InChI is InChI=1S/C18H19FN2O2/c19-15-8-6-13(7-9-15)16-12-21(10-11-23-16)17(18(20)22)14-4-2-1-3-5-14/h1-9,16-17H,10-12H2,(H2,20,22)/t16-,17+/m0/s1. The van der Waals surface area contributed by atoms with Gasteiger partial charge in [-0.15, -0.1) is 0 Å². The Morgan fingerprint density at radius 3 is 2.52 bits per heavy atom. The lowest BCUT2D eigenvalue weighted by Gasteiger charge is -2.37. The molecule has 1 fully saturated rings. The molecule has 2 N–H and O–H groups in total. The summed E-state index contributed by atoms with van der Waals surface area (Å²) >= 11 is 0. The highest BCUT2D eigenvalue weighted by Crippen LogP contribution is 2.28. The second-order valence-electron chi connectivity index (χ2n) is 5.62. The molecule has 120 valence electrons. The molecule has 2 aromatic carbocycles. The molecule has 0 bridgehead atoms. The minimum atomic E-state index is -0.483. The van der Waals surface area contributed by atoms with E-state index in [2.05, 4.69) is 0 Å². The Labute approximate surface area is 134 Å². The molecule has 1 amide bonds. The molecular formula is C18H19FN2O2. The topological polar surface area (TPSA) is 55.6 Å². The van der Waals surface area contributed by atoms with E-state index in [1.165, 1.54) is 12.1 Å². The van der Waals surface area contributed by atoms with Crippen LogP contribution in [0.15, 0.2) is 54.6 Å². The van der Waals surface area contributed by atoms with Crippen LogP contribution in [0, 0.1) is 5.82 Å². The van der Waals surface area contributed by atoms with E-state index in [9.17, 15) is 9.18 Å². The summed E-state index contributed by atoms with van der Waals surface area (Å²) in [6.07, 6.45) is -0.199. The minimum absolute atomic E-state index is 0.199. The van der Waals surface area contributed by atoms with E-state index in [1.54, 1.807) is 12.1 Å². The highest BCUT2D eigenvalue weighted by atomic mass is 19.1. The van der Waals surface area contributed by atoms with Crippen LogP contribution in [0.3, 0.4) is 0 Å². The number of hydrogen-bond acceptors (Lipinski definition) is 3. The van der Waals surface area contributed by atoms with Gasteiger partial charge in [-0.1, -0.05) is 42.5 Å². The molecule has 3 rings (SSSR count). The monoisotopic (exact) mass is 314 g/mol. The highest BCUT2D eigenvalue weighted by Gasteiger charge is 2.31. The fraction of sp³-hybridized carbons (Fsp3) is 0.278. The molecule has 0 spiro atoms. The molecule has 0 unspecified atom stereocenters. The van der Waals surface area contributed by atoms with Gasteiger partial charge in [0.1, 0.15) is 11.9 Å². The van der Waals surface area contributed by atoms with Crippen LogP contribution in [0.25, 0.3) is 0 Å². The zero-order valence-corrected chi connectivity index (χ0v) is 12.7. The van der Waals surface area contributed by atoms with Crippen LogP contribution in [0.4, 0.5) is 4.39 Å². The molecule has 0 aromatic heterocycles. The summed E-state index contributed by atoms with van der Waals surface area (Å²) in [5.41, 5.74) is 7.40. The molecule has 4 nitrogen and oxygen atoms in total. The molecule has 0 saturated carbocycles. The second kappa shape index (κ2) is 6.89. The number of carbonyl (C=O) groups is 1. The Hall–Kier alpha value is -2.24. The molecule has 1 saturated heterocycles. The van der Waals surface area contributed by atoms with Crippen LogP contribution in [-0.2, 0) is 9.53 Å². The zero-order chi connectivity index (χ0) is 16.2. The Bertz CT molecular complexity index is 660. The summed E-state index contributed by atoms with van der Waals surface area (Å²) in [7, 11) is 0. The molecule has 1 heterocycles. The summed E-state index contributed by atoms with van der Waals surface area (Å²) in [4.78, 5) is 14.0. The number of ether oxygens (including phenoxy) is 1. The zero-order valence-electron chi connectivity index (χ0n) is 12.7. The average Bonchev–Trinajstić information content (AvgIpc) is 2.57. The summed E-state index contributed by atoms with van der Waals surface area (Å²) < 4.78 is 18.9. The van der Waals surface area contributed by atoms with Gasteiger partial charge in [0.2, 0.25) is 5.91 Å². The fourth-order valence-electron chi connectivity index (χ4n) is 2.97. The van der Waals surface area contributed by atoms with Gasteiger partial charge in [-0.3, -0.25) is 9.69 Å². The van der Waals surface area contributed by atoms with Gasteiger partial charge in [0.05, 0.1) is 12.7 Å². The van der Waals surface area contributed by atoms with Gasteiger partial charge in [-0.25, -0.2) is 4.39 Å². The number of halogens is 1. The lowest BCUT2D eigenvalue weighted by atomic mass is 10.0. The second-order valence-corrected chi connectivity index (χ2v) is 5.62. The normalized spacial score (nSPS) is 20.1. The van der Waals surface area contributed by atoms with E-state index >= 15 is 0 Å². The summed E-state index contributed by atoms with van der Waals surface area (Å²) in [5.74, 6) is -0.656. The van der Waals surface area contributed by atoms with E-state index in [0.717, 1.165) is 11.1 Å². The van der Waals surface area contributed by atoms with Gasteiger partial charge in [-0.05, 0) is 23.3 Å². The van der Waals surface area contributed by atoms with Crippen LogP contribution in [0.5, 0.6) is 0 Å². The van der Waals surface area contributed by atoms with Crippen molar-refractivity contribution < 1.29 is 13.9 Å². The molecule has 23 heavy (non-hydrogen) atoms. The summed E-state index contributed by atoms with van der Waals surface area (Å²) in [6.45, 7) is 1.66. The third-order valence-electron chi connectivity index (χ3n) is 4.09. The predicted molar refractivity (Wildman–Crippen MR) is 85.0 cm³/mol. The maximum Gasteiger partial charge on any atom is 0.239 e. The Kier molecular flexibility index (Phi) is 4.69. The number of benzene rings is 2. The quantitative estimate of drug-likeness (QED) is 0.943. The maximum absolute atomic E-state index is 13.1. The number of nitrogens with zero attached hydrogens (tertiary/aromatic N) is 1. The van der Waals surface area contributed by atoms with Gasteiger partial charge in [0.15, 0.2) is 0 Å². The van der Waals surface area contributed by atoms with Crippen molar-refractivity contribution in [3.05, 3.63) is 71.5 Å². The van der Waals surface area contributed by atoms with E-state index in [1.807, 2.05) is 35.2 Å². The predicted octanol–water partition coefficient (Wildman–Crippen LogP) is 2.43. The van der Waals surface area contributed by atoms with Crippen LogP contribution in [-0.4, -0.2) is 30.5 Å². The third-order valence-corrected chi connectivity index (χ3v) is 4.09. The smallest absolute Gasteiger partial charge is 0.239 e. The molecule has 5 heteroatoms. The van der Waals surface area contributed by atoms with Gasteiger partial charge in [-0.2, -0.15) is 0 Å². The number of amides is 1. The van der Waals surface area contributed by atoms with E-state index in [-0.39, 0.29) is 17.8 Å². The van der Waals surface area contributed by atoms with Crippen LogP contribution < -0.4 is 5.73 Å². The van der Waals surface area contributed by atoms with Gasteiger partial charge in [0, 0.05) is 13.1 Å². The van der Waals surface area contributed by atoms with Crippen molar-refractivity contribution >= 4 is 5.91 Å². The van der Waals surface area contributed by atoms with Crippen molar-refractivity contribution in [3.63, 3.8) is 0 Å². The lowest BCUT2D eigenvalue weighted by Crippen LogP contribution is -2.45. The van der Waals surface area contributed by atoms with E-state index in [4.69, 9.17) is 10.5 Å². The third kappa shape index (κ3) is 3.57. The first-order valence-electron chi connectivity index (χ1n) is 7.60. The van der Waals surface area contributed by atoms with Gasteiger partial charge < -0.3 is 10.5 Å². The first kappa shape index (κ1) is 15.6. The molecule has 0 aliphatic carbocycles. The number of rotatable bonds is 4. The summed E-state index contributed by atoms with van der Waals surface area (Å²) in [6, 6.07) is 15.3. The Balaban J connectivity index is 1.81. The average molecular weight is 314 g/mol. The molecule has 1 aliphatic heterocycles. The van der Waals surface area contributed by atoms with E-state index in [0.29, 0.717) is 19.7 Å². The minimum Gasteiger partial charge on any atom is -0.371 e. The van der Waals surface area contributed by atoms with Crippen LogP contribution in [0.2, 0.25) is 0 Å². The largest absolute Gasteiger partial charge is 0.371 e. The molecule has 2 aromatic rings. The van der Waals surface area contributed by atoms with Gasteiger partial charge >= 0.3 is 0 Å². The van der Waals surface area contributed by atoms with Crippen molar-refractivity contribution in [2.45, 2.75) is 12.1 Å².